The Hall–Kier alpha value is -2.62. The van der Waals surface area contributed by atoms with Gasteiger partial charge in [-0.3, -0.25) is 4.79 Å². The van der Waals surface area contributed by atoms with Crippen LogP contribution < -0.4 is 0 Å². The smallest absolute Gasteiger partial charge is 0.331 e. The molecule has 0 atom stereocenters. The van der Waals surface area contributed by atoms with Crippen LogP contribution in [0.3, 0.4) is 0 Å². The Balaban J connectivity index is 1.95. The highest BCUT2D eigenvalue weighted by atomic mass is 16.5. The van der Waals surface area contributed by atoms with Crippen LogP contribution in [0.2, 0.25) is 0 Å². The first-order valence-electron chi connectivity index (χ1n) is 6.97. The fourth-order valence-electron chi connectivity index (χ4n) is 2.06. The summed E-state index contributed by atoms with van der Waals surface area (Å²) in [5.74, 6) is -0.236. The van der Waals surface area contributed by atoms with E-state index in [4.69, 9.17) is 9.15 Å². The Morgan fingerprint density at radius 2 is 1.86 bits per heavy atom. The molecule has 22 heavy (non-hydrogen) atoms. The number of furan rings is 1. The van der Waals surface area contributed by atoms with Crippen molar-refractivity contribution in [3.8, 4) is 0 Å². The molecule has 0 saturated carbocycles. The summed E-state index contributed by atoms with van der Waals surface area (Å²) in [6.07, 6.45) is 4.24. The van der Waals surface area contributed by atoms with Crippen LogP contribution in [0.25, 0.3) is 6.08 Å². The SMILES string of the molecule is Cc1cc(C)c(C(=O)COC(=O)/C=C/c2ccco2)cc1C. The minimum absolute atomic E-state index is 0.208. The number of ether oxygens (including phenoxy) is 1. The zero-order valence-corrected chi connectivity index (χ0v) is 12.9. The molecule has 4 nitrogen and oxygen atoms in total. The highest BCUT2D eigenvalue weighted by molar-refractivity contribution is 6.00. The highest BCUT2D eigenvalue weighted by Gasteiger charge is 2.12. The van der Waals surface area contributed by atoms with E-state index in [2.05, 4.69) is 0 Å². The van der Waals surface area contributed by atoms with E-state index < -0.39 is 5.97 Å². The topological polar surface area (TPSA) is 56.5 Å². The molecule has 0 spiro atoms. The molecule has 1 heterocycles. The summed E-state index contributed by atoms with van der Waals surface area (Å²) < 4.78 is 10.0. The normalized spacial score (nSPS) is 10.9. The summed E-state index contributed by atoms with van der Waals surface area (Å²) in [4.78, 5) is 23.7. The van der Waals surface area contributed by atoms with Crippen molar-refractivity contribution in [2.75, 3.05) is 6.61 Å². The summed E-state index contributed by atoms with van der Waals surface area (Å²) in [5, 5.41) is 0. The van der Waals surface area contributed by atoms with Gasteiger partial charge in [0.1, 0.15) is 5.76 Å². The van der Waals surface area contributed by atoms with Gasteiger partial charge in [0.05, 0.1) is 6.26 Å². The van der Waals surface area contributed by atoms with Gasteiger partial charge in [0.2, 0.25) is 5.78 Å². The third kappa shape index (κ3) is 3.95. The van der Waals surface area contributed by atoms with Crippen LogP contribution in [0.15, 0.2) is 41.0 Å². The minimum Gasteiger partial charge on any atom is -0.465 e. The number of carbonyl (C=O) groups excluding carboxylic acids is 2. The molecule has 0 saturated heterocycles. The van der Waals surface area contributed by atoms with Crippen molar-refractivity contribution in [3.05, 3.63) is 64.6 Å². The molecule has 2 rings (SSSR count). The van der Waals surface area contributed by atoms with Crippen molar-refractivity contribution in [2.45, 2.75) is 20.8 Å². The minimum atomic E-state index is -0.578. The van der Waals surface area contributed by atoms with E-state index in [1.807, 2.05) is 32.9 Å². The molecule has 0 aliphatic rings. The molecular weight excluding hydrogens is 280 g/mol. The quantitative estimate of drug-likeness (QED) is 0.480. The molecule has 0 bridgehead atoms. The largest absolute Gasteiger partial charge is 0.465 e. The maximum absolute atomic E-state index is 12.1. The summed E-state index contributed by atoms with van der Waals surface area (Å²) in [6.45, 7) is 5.54. The van der Waals surface area contributed by atoms with E-state index >= 15 is 0 Å². The fraction of sp³-hybridized carbons (Fsp3) is 0.222. The van der Waals surface area contributed by atoms with Gasteiger partial charge in [-0.25, -0.2) is 4.79 Å². The van der Waals surface area contributed by atoms with Gasteiger partial charge in [-0.2, -0.15) is 0 Å². The second-order valence-corrected chi connectivity index (χ2v) is 5.13. The lowest BCUT2D eigenvalue weighted by molar-refractivity contribution is -0.136. The summed E-state index contributed by atoms with van der Waals surface area (Å²) in [7, 11) is 0. The van der Waals surface area contributed by atoms with Gasteiger partial charge in [0.25, 0.3) is 0 Å². The van der Waals surface area contributed by atoms with Gasteiger partial charge < -0.3 is 9.15 Å². The molecule has 2 aromatic rings. The standard InChI is InChI=1S/C18H18O4/c1-12-9-14(3)16(10-13(12)2)17(19)11-22-18(20)7-6-15-5-4-8-21-15/h4-10H,11H2,1-3H3/b7-6+. The van der Waals surface area contributed by atoms with Gasteiger partial charge in [-0.1, -0.05) is 6.07 Å². The molecule has 0 aliphatic carbocycles. The Morgan fingerprint density at radius 3 is 2.55 bits per heavy atom. The van der Waals surface area contributed by atoms with E-state index in [1.54, 1.807) is 12.1 Å². The van der Waals surface area contributed by atoms with E-state index in [1.165, 1.54) is 18.4 Å². The number of esters is 1. The van der Waals surface area contributed by atoms with Gasteiger partial charge in [-0.05, 0) is 61.7 Å². The number of rotatable bonds is 5. The van der Waals surface area contributed by atoms with Crippen LogP contribution in [-0.4, -0.2) is 18.4 Å². The Kier molecular flexibility index (Phi) is 4.94. The number of hydrogen-bond donors (Lipinski definition) is 0. The van der Waals surface area contributed by atoms with Crippen LogP contribution in [-0.2, 0) is 9.53 Å². The van der Waals surface area contributed by atoms with E-state index in [0.717, 1.165) is 16.7 Å². The second-order valence-electron chi connectivity index (χ2n) is 5.13. The number of benzene rings is 1. The van der Waals surface area contributed by atoms with Gasteiger partial charge in [-0.15, -0.1) is 0 Å². The average molecular weight is 298 g/mol. The molecule has 0 amide bonds. The van der Waals surface area contributed by atoms with Crippen LogP contribution in [0.4, 0.5) is 0 Å². The molecule has 0 N–H and O–H groups in total. The second kappa shape index (κ2) is 6.89. The van der Waals surface area contributed by atoms with Crippen molar-refractivity contribution in [3.63, 3.8) is 0 Å². The first-order valence-corrected chi connectivity index (χ1v) is 6.97. The lowest BCUT2D eigenvalue weighted by Crippen LogP contribution is -2.14. The lowest BCUT2D eigenvalue weighted by atomic mass is 9.98. The Labute approximate surface area is 129 Å². The molecular formula is C18H18O4. The zero-order valence-electron chi connectivity index (χ0n) is 12.9. The van der Waals surface area contributed by atoms with Crippen molar-refractivity contribution < 1.29 is 18.7 Å². The highest BCUT2D eigenvalue weighted by Crippen LogP contribution is 2.16. The maximum atomic E-state index is 12.1. The van der Waals surface area contributed by atoms with Crippen molar-refractivity contribution >= 4 is 17.8 Å². The maximum Gasteiger partial charge on any atom is 0.331 e. The number of Topliss-reactive ketones (excluding diaryl/α,β-unsaturated/α-hetero) is 1. The Morgan fingerprint density at radius 1 is 1.14 bits per heavy atom. The molecule has 0 radical (unpaired) electrons. The zero-order chi connectivity index (χ0) is 16.1. The number of carbonyl (C=O) groups is 2. The van der Waals surface area contributed by atoms with Gasteiger partial charge >= 0.3 is 5.97 Å². The number of aryl methyl sites for hydroxylation is 3. The third-order valence-electron chi connectivity index (χ3n) is 3.41. The summed E-state index contributed by atoms with van der Waals surface area (Å²) in [6, 6.07) is 7.23. The predicted octanol–water partition coefficient (Wildman–Crippen LogP) is 3.64. The molecule has 4 heteroatoms. The van der Waals surface area contributed by atoms with Crippen molar-refractivity contribution in [2.24, 2.45) is 0 Å². The van der Waals surface area contributed by atoms with Crippen molar-refractivity contribution in [1.82, 2.24) is 0 Å². The van der Waals surface area contributed by atoms with Crippen LogP contribution >= 0.6 is 0 Å². The summed E-state index contributed by atoms with van der Waals surface area (Å²) >= 11 is 0. The molecule has 114 valence electrons. The number of hydrogen-bond acceptors (Lipinski definition) is 4. The van der Waals surface area contributed by atoms with Gasteiger partial charge in [0, 0.05) is 11.6 Å². The first kappa shape index (κ1) is 15.8. The molecule has 1 aromatic carbocycles. The van der Waals surface area contributed by atoms with Crippen molar-refractivity contribution in [1.29, 1.82) is 0 Å². The first-order chi connectivity index (χ1) is 10.5. The van der Waals surface area contributed by atoms with Crippen LogP contribution in [0.5, 0.6) is 0 Å². The molecule has 0 aliphatic heterocycles. The summed E-state index contributed by atoms with van der Waals surface area (Å²) in [5.41, 5.74) is 3.65. The lowest BCUT2D eigenvalue weighted by Gasteiger charge is -2.09. The average Bonchev–Trinajstić information content (AvgIpc) is 2.99. The van der Waals surface area contributed by atoms with Crippen LogP contribution in [0, 0.1) is 20.8 Å². The predicted molar refractivity (Wildman–Crippen MR) is 83.7 cm³/mol. The Bertz CT molecular complexity index is 709. The molecule has 0 fully saturated rings. The fourth-order valence-corrected chi connectivity index (χ4v) is 2.06. The third-order valence-corrected chi connectivity index (χ3v) is 3.41. The number of ketones is 1. The van der Waals surface area contributed by atoms with Crippen LogP contribution in [0.1, 0.15) is 32.8 Å². The molecule has 1 aromatic heterocycles. The van der Waals surface area contributed by atoms with E-state index in [9.17, 15) is 9.59 Å². The molecule has 0 unspecified atom stereocenters. The monoisotopic (exact) mass is 298 g/mol. The van der Waals surface area contributed by atoms with E-state index in [-0.39, 0.29) is 12.4 Å². The van der Waals surface area contributed by atoms with E-state index in [0.29, 0.717) is 11.3 Å². The van der Waals surface area contributed by atoms with Gasteiger partial charge in [0.15, 0.2) is 6.61 Å².